The number of hydrogen-bond acceptors (Lipinski definition) is 3. The van der Waals surface area contributed by atoms with E-state index in [4.69, 9.17) is 0 Å². The zero-order valence-corrected chi connectivity index (χ0v) is 10.5. The van der Waals surface area contributed by atoms with E-state index in [-0.39, 0.29) is 6.10 Å². The molecule has 1 aliphatic rings. The fraction of sp³-hybridized carbons (Fsp3) is 0.429. The lowest BCUT2D eigenvalue weighted by atomic mass is 10.0. The van der Waals surface area contributed by atoms with E-state index in [0.717, 1.165) is 30.6 Å². The number of aryl methyl sites for hydroxylation is 1. The topological polar surface area (TPSA) is 44.3 Å². The van der Waals surface area contributed by atoms with E-state index < -0.39 is 0 Å². The van der Waals surface area contributed by atoms with E-state index in [1.54, 1.807) is 0 Å². The van der Waals surface area contributed by atoms with E-state index in [1.807, 2.05) is 6.07 Å². The first-order valence-corrected chi connectivity index (χ1v) is 6.12. The lowest BCUT2D eigenvalue weighted by Gasteiger charge is -2.20. The smallest absolute Gasteiger partial charge is 0.0579 e. The van der Waals surface area contributed by atoms with Crippen molar-refractivity contribution in [3.63, 3.8) is 0 Å². The highest BCUT2D eigenvalue weighted by molar-refractivity contribution is 5.53. The summed E-state index contributed by atoms with van der Waals surface area (Å²) in [5, 5.41) is 9.40. The number of aliphatic hydroxyl groups is 1. The molecule has 1 atom stereocenters. The summed E-state index contributed by atoms with van der Waals surface area (Å²) >= 11 is 0. The maximum Gasteiger partial charge on any atom is 0.0579 e. The molecule has 1 unspecified atom stereocenters. The molecule has 0 amide bonds. The quantitative estimate of drug-likeness (QED) is 0.702. The van der Waals surface area contributed by atoms with Gasteiger partial charge in [0.05, 0.1) is 11.8 Å². The second-order valence-electron chi connectivity index (χ2n) is 4.66. The van der Waals surface area contributed by atoms with Crippen LogP contribution in [0.15, 0.2) is 30.0 Å². The van der Waals surface area contributed by atoms with Gasteiger partial charge in [0.2, 0.25) is 0 Å². The molecule has 2 rings (SSSR count). The SMILES string of the molecule is Cc1cccc(NNC2=CCC(O)CC2)c1C. The number of aliphatic hydroxyl groups excluding tert-OH is 1. The molecule has 0 saturated heterocycles. The molecule has 1 aromatic rings. The summed E-state index contributed by atoms with van der Waals surface area (Å²) in [6.45, 7) is 4.22. The van der Waals surface area contributed by atoms with E-state index >= 15 is 0 Å². The summed E-state index contributed by atoms with van der Waals surface area (Å²) in [6, 6.07) is 6.22. The first-order chi connectivity index (χ1) is 8.16. The molecule has 1 aliphatic carbocycles. The van der Waals surface area contributed by atoms with Crippen molar-refractivity contribution >= 4 is 5.69 Å². The van der Waals surface area contributed by atoms with Crippen LogP contribution in [0.5, 0.6) is 0 Å². The number of benzene rings is 1. The van der Waals surface area contributed by atoms with Crippen LogP contribution in [0.4, 0.5) is 5.69 Å². The predicted octanol–water partition coefficient (Wildman–Crippen LogP) is 2.65. The molecule has 1 aromatic carbocycles. The number of nitrogens with one attached hydrogen (secondary N) is 2. The van der Waals surface area contributed by atoms with Crippen LogP contribution in [0.3, 0.4) is 0 Å². The Morgan fingerprint density at radius 2 is 2.06 bits per heavy atom. The van der Waals surface area contributed by atoms with E-state index in [9.17, 15) is 5.11 Å². The van der Waals surface area contributed by atoms with Crippen LogP contribution in [0.1, 0.15) is 30.4 Å². The van der Waals surface area contributed by atoms with Crippen LogP contribution in [-0.2, 0) is 0 Å². The van der Waals surface area contributed by atoms with Gasteiger partial charge in [-0.2, -0.15) is 0 Å². The predicted molar refractivity (Wildman–Crippen MR) is 70.6 cm³/mol. The third-order valence-corrected chi connectivity index (χ3v) is 3.35. The first kappa shape index (κ1) is 12.0. The van der Waals surface area contributed by atoms with Crippen molar-refractivity contribution in [1.82, 2.24) is 5.43 Å². The molecule has 0 spiro atoms. The highest BCUT2D eigenvalue weighted by Crippen LogP contribution is 2.19. The minimum atomic E-state index is -0.166. The van der Waals surface area contributed by atoms with E-state index in [2.05, 4.69) is 42.9 Å². The third-order valence-electron chi connectivity index (χ3n) is 3.35. The molecule has 0 heterocycles. The van der Waals surface area contributed by atoms with Gasteiger partial charge in [-0.1, -0.05) is 18.2 Å². The average molecular weight is 232 g/mol. The summed E-state index contributed by atoms with van der Waals surface area (Å²) < 4.78 is 0. The van der Waals surface area contributed by atoms with Crippen LogP contribution in [0.25, 0.3) is 0 Å². The molecular formula is C14H20N2O. The zero-order chi connectivity index (χ0) is 12.3. The van der Waals surface area contributed by atoms with Crippen molar-refractivity contribution in [2.75, 3.05) is 5.43 Å². The maximum atomic E-state index is 9.40. The zero-order valence-electron chi connectivity index (χ0n) is 10.5. The fourth-order valence-corrected chi connectivity index (χ4v) is 1.97. The molecule has 0 aromatic heterocycles. The Morgan fingerprint density at radius 3 is 2.76 bits per heavy atom. The van der Waals surface area contributed by atoms with Crippen molar-refractivity contribution in [3.8, 4) is 0 Å². The number of allylic oxidation sites excluding steroid dienone is 1. The molecule has 0 bridgehead atoms. The lowest BCUT2D eigenvalue weighted by molar-refractivity contribution is 0.161. The molecule has 0 fully saturated rings. The van der Waals surface area contributed by atoms with Gasteiger partial charge in [0.25, 0.3) is 0 Å². The van der Waals surface area contributed by atoms with Crippen LogP contribution in [-0.4, -0.2) is 11.2 Å². The van der Waals surface area contributed by atoms with Gasteiger partial charge in [-0.05, 0) is 50.3 Å². The van der Waals surface area contributed by atoms with Crippen molar-refractivity contribution in [1.29, 1.82) is 0 Å². The molecule has 0 saturated carbocycles. The highest BCUT2D eigenvalue weighted by atomic mass is 16.3. The Hall–Kier alpha value is -1.48. The third kappa shape index (κ3) is 3.01. The molecule has 0 radical (unpaired) electrons. The van der Waals surface area contributed by atoms with Crippen molar-refractivity contribution in [2.24, 2.45) is 0 Å². The number of anilines is 1. The Morgan fingerprint density at radius 1 is 1.24 bits per heavy atom. The Labute approximate surface area is 103 Å². The Balaban J connectivity index is 1.96. The largest absolute Gasteiger partial charge is 0.393 e. The normalized spacial score (nSPS) is 19.7. The van der Waals surface area contributed by atoms with Gasteiger partial charge in [0, 0.05) is 5.70 Å². The fourth-order valence-electron chi connectivity index (χ4n) is 1.97. The van der Waals surface area contributed by atoms with Crippen LogP contribution >= 0.6 is 0 Å². The molecular weight excluding hydrogens is 212 g/mol. The maximum absolute atomic E-state index is 9.40. The average Bonchev–Trinajstić information content (AvgIpc) is 2.33. The summed E-state index contributed by atoms with van der Waals surface area (Å²) in [4.78, 5) is 0. The van der Waals surface area contributed by atoms with Gasteiger partial charge in [-0.25, -0.2) is 0 Å². The first-order valence-electron chi connectivity index (χ1n) is 6.12. The number of rotatable bonds is 3. The lowest BCUT2D eigenvalue weighted by Crippen LogP contribution is -2.25. The van der Waals surface area contributed by atoms with Crippen molar-refractivity contribution < 1.29 is 5.11 Å². The minimum absolute atomic E-state index is 0.166. The van der Waals surface area contributed by atoms with E-state index in [1.165, 1.54) is 11.1 Å². The molecule has 3 N–H and O–H groups in total. The van der Waals surface area contributed by atoms with Gasteiger partial charge >= 0.3 is 0 Å². The van der Waals surface area contributed by atoms with Gasteiger partial charge in [0.15, 0.2) is 0 Å². The van der Waals surface area contributed by atoms with Crippen molar-refractivity contribution in [2.45, 2.75) is 39.2 Å². The summed E-state index contributed by atoms with van der Waals surface area (Å²) in [7, 11) is 0. The van der Waals surface area contributed by atoms with Crippen molar-refractivity contribution in [3.05, 3.63) is 41.1 Å². The summed E-state index contributed by atoms with van der Waals surface area (Å²) in [5.41, 5.74) is 11.3. The second kappa shape index (κ2) is 5.23. The number of hydrazine groups is 1. The van der Waals surface area contributed by atoms with Gasteiger partial charge in [-0.15, -0.1) is 0 Å². The Kier molecular flexibility index (Phi) is 3.69. The molecule has 3 nitrogen and oxygen atoms in total. The number of hydrogen-bond donors (Lipinski definition) is 3. The second-order valence-corrected chi connectivity index (χ2v) is 4.66. The highest BCUT2D eigenvalue weighted by Gasteiger charge is 2.11. The Bertz CT molecular complexity index is 426. The molecule has 0 aliphatic heterocycles. The van der Waals surface area contributed by atoms with Crippen LogP contribution in [0, 0.1) is 13.8 Å². The molecule has 92 valence electrons. The standard InChI is InChI=1S/C14H20N2O/c1-10-4-3-5-14(11(10)2)16-15-12-6-8-13(17)9-7-12/h3-6,13,15-17H,7-9H2,1-2H3. The van der Waals surface area contributed by atoms with Gasteiger partial charge < -0.3 is 16.0 Å². The summed E-state index contributed by atoms with van der Waals surface area (Å²) in [6.07, 6.45) is 4.39. The summed E-state index contributed by atoms with van der Waals surface area (Å²) in [5.74, 6) is 0. The minimum Gasteiger partial charge on any atom is -0.393 e. The molecule has 17 heavy (non-hydrogen) atoms. The van der Waals surface area contributed by atoms with Crippen LogP contribution in [0.2, 0.25) is 0 Å². The van der Waals surface area contributed by atoms with Gasteiger partial charge in [-0.3, -0.25) is 0 Å². The monoisotopic (exact) mass is 232 g/mol. The van der Waals surface area contributed by atoms with Crippen LogP contribution < -0.4 is 10.9 Å². The molecule has 3 heteroatoms. The van der Waals surface area contributed by atoms with E-state index in [0.29, 0.717) is 0 Å². The van der Waals surface area contributed by atoms with Gasteiger partial charge in [0.1, 0.15) is 0 Å².